The number of nitrogens with zero attached hydrogens (tertiary/aromatic N) is 1. The number of para-hydroxylation sites is 1. The Labute approximate surface area is 133 Å². The lowest BCUT2D eigenvalue weighted by molar-refractivity contribution is -0.771. The van der Waals surface area contributed by atoms with E-state index in [9.17, 15) is 4.79 Å². The number of hydrogen-bond donors (Lipinski definition) is 1. The van der Waals surface area contributed by atoms with Crippen molar-refractivity contribution in [2.45, 2.75) is 12.6 Å². The summed E-state index contributed by atoms with van der Waals surface area (Å²) in [6, 6.07) is 10.2. The lowest BCUT2D eigenvalue weighted by atomic mass is 9.80. The predicted octanol–water partition coefficient (Wildman–Crippen LogP) is 3.14. The number of nitrogens with one attached hydrogen (secondary N) is 1. The van der Waals surface area contributed by atoms with Gasteiger partial charge < -0.3 is 9.72 Å². The molecular formula is C19H17N2O2+. The van der Waals surface area contributed by atoms with Crippen LogP contribution >= 0.6 is 0 Å². The van der Waals surface area contributed by atoms with E-state index >= 15 is 0 Å². The van der Waals surface area contributed by atoms with Gasteiger partial charge in [-0.15, -0.1) is 6.58 Å². The molecule has 114 valence electrons. The van der Waals surface area contributed by atoms with Crippen molar-refractivity contribution in [3.05, 3.63) is 54.9 Å². The molecule has 4 heteroatoms. The molecule has 0 aliphatic carbocycles. The number of aromatic nitrogens is 2. The van der Waals surface area contributed by atoms with Crippen molar-refractivity contribution in [1.82, 2.24) is 4.98 Å². The largest absolute Gasteiger partial charge is 0.349 e. The van der Waals surface area contributed by atoms with Crippen molar-refractivity contribution < 1.29 is 14.1 Å². The predicted molar refractivity (Wildman–Crippen MR) is 87.1 cm³/mol. The fourth-order valence-electron chi connectivity index (χ4n) is 4.07. The summed E-state index contributed by atoms with van der Waals surface area (Å²) < 4.78 is 7.97. The second kappa shape index (κ2) is 4.52. The number of carbonyl (C=O) groups excluding carboxylic acids is 1. The highest BCUT2D eigenvalue weighted by Crippen LogP contribution is 2.38. The van der Waals surface area contributed by atoms with E-state index in [1.807, 2.05) is 35.0 Å². The van der Waals surface area contributed by atoms with Crippen molar-refractivity contribution in [2.24, 2.45) is 11.8 Å². The molecule has 1 saturated heterocycles. The van der Waals surface area contributed by atoms with Gasteiger partial charge in [-0.25, -0.2) is 0 Å². The first kappa shape index (κ1) is 13.0. The van der Waals surface area contributed by atoms with Gasteiger partial charge in [0.1, 0.15) is 5.52 Å². The van der Waals surface area contributed by atoms with Gasteiger partial charge >= 0.3 is 0 Å². The van der Waals surface area contributed by atoms with Crippen LogP contribution in [-0.4, -0.2) is 17.4 Å². The molecule has 23 heavy (non-hydrogen) atoms. The molecule has 1 fully saturated rings. The maximum absolute atomic E-state index is 13.1. The number of ether oxygens (including phenoxy) is 1. The summed E-state index contributed by atoms with van der Waals surface area (Å²) >= 11 is 0. The zero-order valence-corrected chi connectivity index (χ0v) is 12.7. The van der Waals surface area contributed by atoms with Crippen LogP contribution in [-0.2, 0) is 4.74 Å². The SMILES string of the molecule is C=C[C@H]1CO[C@@H]2C[C@H]1C(=O)c1c3[nH]c4ccccc4c3cc[n+]12. The smallest absolute Gasteiger partial charge is 0.275 e. The zero-order valence-electron chi connectivity index (χ0n) is 12.7. The van der Waals surface area contributed by atoms with E-state index in [4.69, 9.17) is 4.74 Å². The summed E-state index contributed by atoms with van der Waals surface area (Å²) in [5, 5.41) is 2.24. The third-order valence-electron chi connectivity index (χ3n) is 5.28. The molecule has 4 heterocycles. The normalized spacial score (nSPS) is 26.4. The summed E-state index contributed by atoms with van der Waals surface area (Å²) in [6.45, 7) is 4.44. The van der Waals surface area contributed by atoms with Crippen LogP contribution in [0.2, 0.25) is 0 Å². The molecule has 2 aliphatic rings. The number of hydrogen-bond acceptors (Lipinski definition) is 2. The second-order valence-corrected chi connectivity index (χ2v) is 6.42. The Kier molecular flexibility index (Phi) is 2.56. The van der Waals surface area contributed by atoms with Gasteiger partial charge in [-0.1, -0.05) is 24.3 Å². The van der Waals surface area contributed by atoms with Gasteiger partial charge in [0.05, 0.1) is 6.61 Å². The Morgan fingerprint density at radius 3 is 3.00 bits per heavy atom. The Balaban J connectivity index is 1.83. The highest BCUT2D eigenvalue weighted by Gasteiger charge is 2.48. The van der Waals surface area contributed by atoms with Gasteiger partial charge in [-0.05, 0) is 6.07 Å². The van der Waals surface area contributed by atoms with Crippen LogP contribution in [0.25, 0.3) is 21.8 Å². The van der Waals surface area contributed by atoms with E-state index < -0.39 is 0 Å². The molecule has 3 atom stereocenters. The number of ketones is 1. The number of H-pyrrole nitrogens is 1. The lowest BCUT2D eigenvalue weighted by Crippen LogP contribution is -2.56. The van der Waals surface area contributed by atoms with Crippen LogP contribution in [0.1, 0.15) is 23.1 Å². The van der Waals surface area contributed by atoms with Gasteiger partial charge in [0, 0.05) is 40.6 Å². The molecule has 3 aromatic rings. The van der Waals surface area contributed by atoms with E-state index in [1.165, 1.54) is 0 Å². The summed E-state index contributed by atoms with van der Waals surface area (Å²) in [4.78, 5) is 16.6. The molecule has 1 aromatic carbocycles. The monoisotopic (exact) mass is 305 g/mol. The average Bonchev–Trinajstić information content (AvgIpc) is 2.98. The molecule has 2 aliphatic heterocycles. The van der Waals surface area contributed by atoms with Gasteiger partial charge in [0.25, 0.3) is 11.9 Å². The average molecular weight is 305 g/mol. The highest BCUT2D eigenvalue weighted by molar-refractivity contribution is 6.14. The van der Waals surface area contributed by atoms with Gasteiger partial charge in [-0.2, -0.15) is 4.57 Å². The molecule has 0 saturated carbocycles. The van der Waals surface area contributed by atoms with Crippen LogP contribution in [0.5, 0.6) is 0 Å². The maximum Gasteiger partial charge on any atom is 0.275 e. The number of benzene rings is 1. The number of pyridine rings is 1. The maximum atomic E-state index is 13.1. The first-order valence-electron chi connectivity index (χ1n) is 8.01. The number of aromatic amines is 1. The number of Topliss-reactive ketones (excluding diaryl/α,β-unsaturated/α-hetero) is 1. The van der Waals surface area contributed by atoms with E-state index in [-0.39, 0.29) is 23.8 Å². The Bertz CT molecular complexity index is 972. The molecular weight excluding hydrogens is 288 g/mol. The summed E-state index contributed by atoms with van der Waals surface area (Å²) in [6.07, 6.45) is 4.53. The van der Waals surface area contributed by atoms with Crippen LogP contribution < -0.4 is 4.57 Å². The van der Waals surface area contributed by atoms with E-state index in [1.54, 1.807) is 0 Å². The number of fused-ring (bicyclic) bond motifs is 8. The first-order chi connectivity index (χ1) is 11.3. The fraction of sp³-hybridized carbons (Fsp3) is 0.263. The van der Waals surface area contributed by atoms with E-state index in [0.717, 1.165) is 33.9 Å². The number of carbonyl (C=O) groups is 1. The zero-order chi connectivity index (χ0) is 15.6. The molecule has 4 nitrogen and oxygen atoms in total. The molecule has 5 rings (SSSR count). The standard InChI is InChI=1S/C19H16N2O2/c1-2-11-10-23-16-9-14(11)19(22)18-17-13(7-8-21(16)18)12-5-3-4-6-15(12)20-17/h2-8,11,14,16H,1,9-10H2/p+1/t11-,14+,16+/m0/s1. The summed E-state index contributed by atoms with van der Waals surface area (Å²) in [7, 11) is 0. The minimum absolute atomic E-state index is 0.0248. The van der Waals surface area contributed by atoms with E-state index in [0.29, 0.717) is 6.61 Å². The van der Waals surface area contributed by atoms with Crippen LogP contribution in [0.15, 0.2) is 49.2 Å². The van der Waals surface area contributed by atoms with Crippen molar-refractivity contribution >= 4 is 27.6 Å². The van der Waals surface area contributed by atoms with Gasteiger partial charge in [0.2, 0.25) is 5.78 Å². The summed E-state index contributed by atoms with van der Waals surface area (Å²) in [5.74, 6) is 0.280. The van der Waals surface area contributed by atoms with Crippen LogP contribution in [0.4, 0.5) is 0 Å². The van der Waals surface area contributed by atoms with Crippen LogP contribution in [0, 0.1) is 11.8 Å². The molecule has 1 N–H and O–H groups in total. The second-order valence-electron chi connectivity index (χ2n) is 6.42. The lowest BCUT2D eigenvalue weighted by Gasteiger charge is -2.34. The molecule has 0 amide bonds. The van der Waals surface area contributed by atoms with Gasteiger partial charge in [0.15, 0.2) is 6.20 Å². The van der Waals surface area contributed by atoms with Crippen molar-refractivity contribution in [1.29, 1.82) is 0 Å². The van der Waals surface area contributed by atoms with Gasteiger partial charge in [-0.3, -0.25) is 4.79 Å². The Morgan fingerprint density at radius 2 is 2.13 bits per heavy atom. The highest BCUT2D eigenvalue weighted by atomic mass is 16.5. The minimum Gasteiger partial charge on any atom is -0.349 e. The van der Waals surface area contributed by atoms with E-state index in [2.05, 4.69) is 23.7 Å². The molecule has 0 spiro atoms. The fourth-order valence-corrected chi connectivity index (χ4v) is 4.07. The molecule has 0 radical (unpaired) electrons. The van der Waals surface area contributed by atoms with Crippen molar-refractivity contribution in [3.8, 4) is 0 Å². The van der Waals surface area contributed by atoms with Crippen LogP contribution in [0.3, 0.4) is 0 Å². The Hall–Kier alpha value is -2.46. The Morgan fingerprint density at radius 1 is 1.26 bits per heavy atom. The topological polar surface area (TPSA) is 46.0 Å². The molecule has 2 bridgehead atoms. The molecule has 0 unspecified atom stereocenters. The van der Waals surface area contributed by atoms with Crippen molar-refractivity contribution in [3.63, 3.8) is 0 Å². The molecule has 2 aromatic heterocycles. The summed E-state index contributed by atoms with van der Waals surface area (Å²) in [5.41, 5.74) is 2.72. The first-order valence-corrected chi connectivity index (χ1v) is 8.01. The third-order valence-corrected chi connectivity index (χ3v) is 5.28. The number of rotatable bonds is 1. The van der Waals surface area contributed by atoms with Crippen molar-refractivity contribution in [2.75, 3.05) is 6.61 Å². The third kappa shape index (κ3) is 1.64. The minimum atomic E-state index is -0.0558. The quantitative estimate of drug-likeness (QED) is 0.554.